The van der Waals surface area contributed by atoms with Crippen LogP contribution in [0.25, 0.3) is 0 Å². The first-order valence-electron chi connectivity index (χ1n) is 5.15. The summed E-state index contributed by atoms with van der Waals surface area (Å²) in [6, 6.07) is 0.639. The van der Waals surface area contributed by atoms with E-state index < -0.39 is 0 Å². The van der Waals surface area contributed by atoms with Gasteiger partial charge in [0, 0.05) is 7.47 Å². The number of hydrogen-bond donors (Lipinski definition) is 1. The number of allylic oxidation sites excluding steroid dienone is 3. The van der Waals surface area contributed by atoms with Gasteiger partial charge in [-0.05, 0) is 31.5 Å². The Balaban J connectivity index is 0.00000196. The molecule has 0 unspecified atom stereocenters. The lowest BCUT2D eigenvalue weighted by Crippen LogP contribution is -2.45. The van der Waals surface area contributed by atoms with Gasteiger partial charge in [0.1, 0.15) is 11.9 Å². The van der Waals surface area contributed by atoms with E-state index in [1.807, 2.05) is 6.08 Å². The van der Waals surface area contributed by atoms with Gasteiger partial charge in [-0.3, -0.25) is 0 Å². The van der Waals surface area contributed by atoms with E-state index in [9.17, 15) is 0 Å². The molecule has 0 aliphatic heterocycles. The minimum atomic E-state index is 0. The molecule has 0 heterocycles. The molecule has 1 fully saturated rings. The predicted octanol–water partition coefficient (Wildman–Crippen LogP) is 2.65. The Morgan fingerprint density at radius 3 is 2.79 bits per heavy atom. The molecule has 1 N–H and O–H groups in total. The van der Waals surface area contributed by atoms with Gasteiger partial charge in [0.05, 0.1) is 0 Å². The summed E-state index contributed by atoms with van der Waals surface area (Å²) in [5.41, 5.74) is 0. The van der Waals surface area contributed by atoms with Gasteiger partial charge >= 0.3 is 0 Å². The summed E-state index contributed by atoms with van der Waals surface area (Å²) < 4.78 is 5.68. The number of hydrogen-bond acceptors (Lipinski definition) is 2. The summed E-state index contributed by atoms with van der Waals surface area (Å²) in [5.74, 6) is 0.819. The fourth-order valence-electron chi connectivity index (χ4n) is 1.58. The van der Waals surface area contributed by atoms with Crippen LogP contribution in [-0.2, 0) is 4.74 Å². The molecule has 1 saturated carbocycles. The summed E-state index contributed by atoms with van der Waals surface area (Å²) in [7, 11) is 0. The summed E-state index contributed by atoms with van der Waals surface area (Å²) in [6.45, 7) is 10.5. The maximum absolute atomic E-state index is 5.68. The number of nitrogens with one attached hydrogen (secondary N) is 1. The molecule has 0 spiro atoms. The minimum absolute atomic E-state index is 0. The lowest BCUT2D eigenvalue weighted by Gasteiger charge is -2.36. The summed E-state index contributed by atoms with van der Waals surface area (Å²) in [6.07, 6.45) is 7.82. The highest BCUT2D eigenvalue weighted by atomic mass is 16.5. The van der Waals surface area contributed by atoms with Crippen molar-refractivity contribution in [1.82, 2.24) is 5.32 Å². The van der Waals surface area contributed by atoms with Gasteiger partial charge in [-0.1, -0.05) is 26.2 Å². The van der Waals surface area contributed by atoms with Crippen molar-refractivity contribution >= 4 is 0 Å². The molecule has 1 aliphatic rings. The second kappa shape index (κ2) is 5.66. The summed E-state index contributed by atoms with van der Waals surface area (Å²) >= 11 is 0. The van der Waals surface area contributed by atoms with Gasteiger partial charge in [-0.25, -0.2) is 0 Å². The Morgan fingerprint density at radius 1 is 1.57 bits per heavy atom. The van der Waals surface area contributed by atoms with E-state index >= 15 is 0 Å². The second-order valence-electron chi connectivity index (χ2n) is 3.47. The molecule has 0 atom stereocenters. The predicted molar refractivity (Wildman–Crippen MR) is 62.2 cm³/mol. The quantitative estimate of drug-likeness (QED) is 0.519. The van der Waals surface area contributed by atoms with Crippen molar-refractivity contribution in [2.45, 2.75) is 31.9 Å². The van der Waals surface area contributed by atoms with Crippen molar-refractivity contribution in [3.8, 4) is 0 Å². The van der Waals surface area contributed by atoms with E-state index in [2.05, 4.69) is 25.4 Å². The first kappa shape index (κ1) is 11.1. The van der Waals surface area contributed by atoms with Crippen LogP contribution >= 0.6 is 0 Å². The minimum Gasteiger partial charge on any atom is -0.490 e. The highest BCUT2D eigenvalue weighted by Gasteiger charge is 2.29. The molecule has 0 aromatic heterocycles. The van der Waals surface area contributed by atoms with Crippen molar-refractivity contribution in [3.05, 3.63) is 37.1 Å². The smallest absolute Gasteiger partial charge is 0.119 e. The normalized spacial score (nSPS) is 26.5. The molecule has 0 bridgehead atoms. The average Bonchev–Trinajstić information content (AvgIpc) is 2.13. The van der Waals surface area contributed by atoms with Gasteiger partial charge in [0.2, 0.25) is 0 Å². The van der Waals surface area contributed by atoms with E-state index in [0.29, 0.717) is 12.1 Å². The van der Waals surface area contributed by atoms with Crippen molar-refractivity contribution in [2.75, 3.05) is 6.54 Å². The highest BCUT2D eigenvalue weighted by Crippen LogP contribution is 2.25. The van der Waals surface area contributed by atoms with Crippen LogP contribution in [0, 0.1) is 0 Å². The SMILES string of the molecule is C=C/C=C(\C=C)OC1CC(NCC)C1.[HH]. The third kappa shape index (κ3) is 3.04. The van der Waals surface area contributed by atoms with Crippen LogP contribution in [0.4, 0.5) is 0 Å². The fourth-order valence-corrected chi connectivity index (χ4v) is 1.58. The van der Waals surface area contributed by atoms with Gasteiger partial charge in [-0.15, -0.1) is 0 Å². The molecule has 1 aliphatic carbocycles. The van der Waals surface area contributed by atoms with E-state index in [-0.39, 0.29) is 1.43 Å². The van der Waals surface area contributed by atoms with Crippen molar-refractivity contribution < 1.29 is 6.16 Å². The van der Waals surface area contributed by atoms with Gasteiger partial charge < -0.3 is 10.1 Å². The van der Waals surface area contributed by atoms with Gasteiger partial charge in [0.15, 0.2) is 0 Å². The van der Waals surface area contributed by atoms with Crippen molar-refractivity contribution in [1.29, 1.82) is 0 Å². The van der Waals surface area contributed by atoms with Crippen LogP contribution in [0.2, 0.25) is 0 Å². The molecule has 0 saturated heterocycles. The lowest BCUT2D eigenvalue weighted by molar-refractivity contribution is 0.0339. The molecule has 1 rings (SSSR count). The Labute approximate surface area is 87.8 Å². The van der Waals surface area contributed by atoms with E-state index in [0.717, 1.165) is 25.1 Å². The highest BCUT2D eigenvalue weighted by molar-refractivity contribution is 5.15. The first-order chi connectivity index (χ1) is 6.80. The Hall–Kier alpha value is -1.02. The molecule has 0 amide bonds. The van der Waals surface area contributed by atoms with E-state index in [1.54, 1.807) is 12.2 Å². The third-order valence-corrected chi connectivity index (χ3v) is 2.37. The van der Waals surface area contributed by atoms with Crippen LogP contribution in [0.3, 0.4) is 0 Å². The van der Waals surface area contributed by atoms with E-state index in [1.165, 1.54) is 0 Å². The third-order valence-electron chi connectivity index (χ3n) is 2.37. The van der Waals surface area contributed by atoms with Crippen molar-refractivity contribution in [3.63, 3.8) is 0 Å². The Kier molecular flexibility index (Phi) is 4.47. The molecular weight excluding hydrogens is 174 g/mol. The zero-order valence-electron chi connectivity index (χ0n) is 8.83. The Morgan fingerprint density at radius 2 is 2.29 bits per heavy atom. The van der Waals surface area contributed by atoms with Crippen LogP contribution in [0.15, 0.2) is 37.1 Å². The zero-order chi connectivity index (χ0) is 10.4. The maximum Gasteiger partial charge on any atom is 0.119 e. The maximum atomic E-state index is 5.68. The molecule has 2 nitrogen and oxygen atoms in total. The monoisotopic (exact) mass is 195 g/mol. The number of ether oxygens (including phenoxy) is 1. The fraction of sp³-hybridized carbons (Fsp3) is 0.500. The van der Waals surface area contributed by atoms with Crippen LogP contribution in [-0.4, -0.2) is 18.7 Å². The first-order valence-corrected chi connectivity index (χ1v) is 5.15. The average molecular weight is 195 g/mol. The molecule has 0 radical (unpaired) electrons. The van der Waals surface area contributed by atoms with Gasteiger partial charge in [0.25, 0.3) is 0 Å². The molecule has 0 aromatic rings. The van der Waals surface area contributed by atoms with Gasteiger partial charge in [-0.2, -0.15) is 0 Å². The standard InChI is InChI=1S/C12H19NO.H2/c1-4-7-11(5-2)14-12-8-10(9-12)13-6-3;/h4-5,7,10,12-13H,1-2,6,8-9H2,3H3;1H/b11-7+;. The van der Waals surface area contributed by atoms with Crippen LogP contribution in [0.1, 0.15) is 21.2 Å². The molecular formula is C12H21NO. The molecule has 0 aromatic carbocycles. The lowest BCUT2D eigenvalue weighted by atomic mass is 9.89. The summed E-state index contributed by atoms with van der Waals surface area (Å²) in [5, 5.41) is 3.39. The van der Waals surface area contributed by atoms with Crippen LogP contribution in [0.5, 0.6) is 0 Å². The van der Waals surface area contributed by atoms with E-state index in [4.69, 9.17) is 4.74 Å². The largest absolute Gasteiger partial charge is 0.490 e. The second-order valence-corrected chi connectivity index (χ2v) is 3.47. The Bertz CT molecular complexity index is 232. The topological polar surface area (TPSA) is 21.3 Å². The zero-order valence-corrected chi connectivity index (χ0v) is 8.83. The summed E-state index contributed by atoms with van der Waals surface area (Å²) in [4.78, 5) is 0. The molecule has 80 valence electrons. The van der Waals surface area contributed by atoms with Crippen molar-refractivity contribution in [2.24, 2.45) is 0 Å². The molecule has 2 heteroatoms. The molecule has 14 heavy (non-hydrogen) atoms. The van der Waals surface area contributed by atoms with Crippen LogP contribution < -0.4 is 5.32 Å². The number of rotatable bonds is 6.